The monoisotopic (exact) mass is 357 g/mol. The van der Waals surface area contributed by atoms with Crippen LogP contribution >= 0.6 is 0 Å². The molecule has 0 atom stereocenters. The van der Waals surface area contributed by atoms with Gasteiger partial charge in [0, 0.05) is 19.6 Å². The van der Waals surface area contributed by atoms with Crippen molar-refractivity contribution in [2.24, 2.45) is 0 Å². The van der Waals surface area contributed by atoms with Gasteiger partial charge in [-0.15, -0.1) is 10.2 Å². The lowest BCUT2D eigenvalue weighted by Crippen LogP contribution is -2.53. The van der Waals surface area contributed by atoms with Gasteiger partial charge in [-0.1, -0.05) is 6.92 Å². The number of ether oxygens (including phenoxy) is 1. The summed E-state index contributed by atoms with van der Waals surface area (Å²) in [5.74, 6) is 0.660. The second kappa shape index (κ2) is 6.41. The first-order chi connectivity index (χ1) is 11.4. The molecule has 1 spiro atoms. The lowest BCUT2D eigenvalue weighted by molar-refractivity contribution is -0.0234. The molecule has 2 aliphatic heterocycles. The second-order valence-corrected chi connectivity index (χ2v) is 8.39. The van der Waals surface area contributed by atoms with Crippen molar-refractivity contribution in [3.05, 3.63) is 11.6 Å². The van der Waals surface area contributed by atoms with Gasteiger partial charge in [-0.2, -0.15) is 0 Å². The number of rotatable bonds is 4. The van der Waals surface area contributed by atoms with Gasteiger partial charge < -0.3 is 10.1 Å². The van der Waals surface area contributed by atoms with E-state index in [9.17, 15) is 13.2 Å². The van der Waals surface area contributed by atoms with Crippen molar-refractivity contribution in [3.8, 4) is 0 Å². The van der Waals surface area contributed by atoms with Crippen LogP contribution in [0.15, 0.2) is 0 Å². The second-order valence-electron chi connectivity index (χ2n) is 6.41. The summed E-state index contributed by atoms with van der Waals surface area (Å²) in [6, 6.07) is 0. The maximum absolute atomic E-state index is 12.4. The Bertz CT molecular complexity index is 722. The van der Waals surface area contributed by atoms with E-state index in [1.807, 2.05) is 11.5 Å². The molecule has 0 saturated carbocycles. The zero-order valence-electron chi connectivity index (χ0n) is 14.0. The van der Waals surface area contributed by atoms with Crippen molar-refractivity contribution in [2.45, 2.75) is 38.3 Å². The van der Waals surface area contributed by atoms with Crippen LogP contribution in [0.1, 0.15) is 42.6 Å². The summed E-state index contributed by atoms with van der Waals surface area (Å²) in [4.78, 5) is 12.4. The lowest BCUT2D eigenvalue weighted by atomic mass is 9.87. The first-order valence-corrected chi connectivity index (χ1v) is 9.98. The zero-order valence-corrected chi connectivity index (χ0v) is 14.8. The number of carbonyl (C=O) groups excluding carboxylic acids is 1. The predicted molar refractivity (Wildman–Crippen MR) is 85.9 cm³/mol. The minimum absolute atomic E-state index is 0.248. The van der Waals surface area contributed by atoms with E-state index >= 15 is 0 Å². The Morgan fingerprint density at radius 1 is 1.33 bits per heavy atom. The smallest absolute Gasteiger partial charge is 0.289 e. The minimum Gasteiger partial charge on any atom is -0.371 e. The third-order valence-electron chi connectivity index (χ3n) is 4.67. The highest BCUT2D eigenvalue weighted by Crippen LogP contribution is 2.36. The highest BCUT2D eigenvalue weighted by Gasteiger charge is 2.44. The molecule has 9 nitrogen and oxygen atoms in total. The van der Waals surface area contributed by atoms with Crippen LogP contribution in [0.25, 0.3) is 0 Å². The summed E-state index contributed by atoms with van der Waals surface area (Å²) in [6.07, 6.45) is 3.19. The van der Waals surface area contributed by atoms with Crippen molar-refractivity contribution >= 4 is 15.9 Å². The predicted octanol–water partition coefficient (Wildman–Crippen LogP) is -0.301. The Morgan fingerprint density at radius 3 is 2.67 bits per heavy atom. The van der Waals surface area contributed by atoms with Crippen LogP contribution in [0.5, 0.6) is 0 Å². The number of aromatic nitrogens is 3. The normalized spacial score (nSPS) is 20.8. The highest BCUT2D eigenvalue weighted by atomic mass is 32.2. The molecule has 1 amide bonds. The van der Waals surface area contributed by atoms with Crippen LogP contribution in [0.3, 0.4) is 0 Å². The van der Waals surface area contributed by atoms with Gasteiger partial charge >= 0.3 is 0 Å². The maximum Gasteiger partial charge on any atom is 0.289 e. The van der Waals surface area contributed by atoms with E-state index in [1.165, 1.54) is 10.6 Å². The van der Waals surface area contributed by atoms with Gasteiger partial charge in [0.05, 0.1) is 18.4 Å². The fourth-order valence-electron chi connectivity index (χ4n) is 3.37. The Morgan fingerprint density at radius 2 is 2.04 bits per heavy atom. The standard InChI is InChI=1S/C14H23N5O4S/c1-3-6-15-13(20)12-17-16-11-9-23-10-14(19(11)12)4-7-18(8-5-14)24(2,21)22/h3-10H2,1-2H3,(H,15,20). The fourth-order valence-corrected chi connectivity index (χ4v) is 4.22. The largest absolute Gasteiger partial charge is 0.371 e. The van der Waals surface area contributed by atoms with E-state index in [0.29, 0.717) is 51.5 Å². The van der Waals surface area contributed by atoms with Crippen LogP contribution in [0, 0.1) is 0 Å². The van der Waals surface area contributed by atoms with Crippen LogP contribution in [-0.2, 0) is 26.9 Å². The number of sulfonamides is 1. The molecule has 0 radical (unpaired) electrons. The van der Waals surface area contributed by atoms with Crippen LogP contribution in [-0.4, -0.2) is 65.9 Å². The Hall–Kier alpha value is -1.52. The van der Waals surface area contributed by atoms with Crippen molar-refractivity contribution in [3.63, 3.8) is 0 Å². The molecular formula is C14H23N5O4S. The number of carbonyl (C=O) groups is 1. The quantitative estimate of drug-likeness (QED) is 0.793. The van der Waals surface area contributed by atoms with Crippen molar-refractivity contribution in [1.82, 2.24) is 24.4 Å². The number of hydrogen-bond acceptors (Lipinski definition) is 6. The van der Waals surface area contributed by atoms with Crippen LogP contribution in [0.4, 0.5) is 0 Å². The van der Waals surface area contributed by atoms with E-state index in [4.69, 9.17) is 4.74 Å². The number of nitrogens with one attached hydrogen (secondary N) is 1. The van der Waals surface area contributed by atoms with Gasteiger partial charge in [-0.25, -0.2) is 12.7 Å². The van der Waals surface area contributed by atoms with Crippen LogP contribution in [0.2, 0.25) is 0 Å². The van der Waals surface area contributed by atoms with Gasteiger partial charge in [0.15, 0.2) is 5.82 Å². The number of piperidine rings is 1. The molecule has 10 heteroatoms. The summed E-state index contributed by atoms with van der Waals surface area (Å²) < 4.78 is 32.5. The number of nitrogens with zero attached hydrogens (tertiary/aromatic N) is 4. The molecule has 1 fully saturated rings. The van der Waals surface area contributed by atoms with Crippen LogP contribution < -0.4 is 5.32 Å². The average molecular weight is 357 g/mol. The summed E-state index contributed by atoms with van der Waals surface area (Å²) in [5, 5.41) is 11.0. The molecule has 0 unspecified atom stereocenters. The van der Waals surface area contributed by atoms with E-state index in [1.54, 1.807) is 0 Å². The van der Waals surface area contributed by atoms with Gasteiger partial charge in [0.25, 0.3) is 5.91 Å². The molecule has 3 rings (SSSR count). The molecule has 0 aliphatic carbocycles. The molecule has 1 saturated heterocycles. The SMILES string of the molecule is CCCNC(=O)c1nnc2n1C1(CCN(S(C)(=O)=O)CC1)COC2. The first kappa shape index (κ1) is 17.3. The molecule has 2 aliphatic rings. The lowest BCUT2D eigenvalue weighted by Gasteiger charge is -2.44. The van der Waals surface area contributed by atoms with Crippen molar-refractivity contribution in [1.29, 1.82) is 0 Å². The molecule has 0 aromatic carbocycles. The number of amides is 1. The maximum atomic E-state index is 12.4. The zero-order chi connectivity index (χ0) is 17.4. The van der Waals surface area contributed by atoms with Gasteiger partial charge in [0.2, 0.25) is 15.8 Å². The van der Waals surface area contributed by atoms with Crippen molar-refractivity contribution < 1.29 is 17.9 Å². The summed E-state index contributed by atoms with van der Waals surface area (Å²) in [6.45, 7) is 4.10. The molecule has 1 N–H and O–H groups in total. The van der Waals surface area contributed by atoms with E-state index < -0.39 is 15.6 Å². The summed E-state index contributed by atoms with van der Waals surface area (Å²) >= 11 is 0. The number of hydrogen-bond donors (Lipinski definition) is 1. The molecular weight excluding hydrogens is 334 g/mol. The molecule has 1 aromatic heterocycles. The molecule has 0 bridgehead atoms. The minimum atomic E-state index is -3.21. The topological polar surface area (TPSA) is 106 Å². The molecule has 134 valence electrons. The Balaban J connectivity index is 1.89. The molecule has 3 heterocycles. The fraction of sp³-hybridized carbons (Fsp3) is 0.786. The van der Waals surface area contributed by atoms with Gasteiger partial charge in [-0.05, 0) is 19.3 Å². The third kappa shape index (κ3) is 3.05. The van der Waals surface area contributed by atoms with E-state index in [2.05, 4.69) is 15.5 Å². The Labute approximate surface area is 141 Å². The van der Waals surface area contributed by atoms with Gasteiger partial charge in [-0.3, -0.25) is 9.36 Å². The van der Waals surface area contributed by atoms with Gasteiger partial charge in [0.1, 0.15) is 6.61 Å². The third-order valence-corrected chi connectivity index (χ3v) is 5.97. The summed E-state index contributed by atoms with van der Waals surface area (Å²) in [7, 11) is -3.21. The van der Waals surface area contributed by atoms with E-state index in [0.717, 1.165) is 6.42 Å². The summed E-state index contributed by atoms with van der Waals surface area (Å²) in [5.41, 5.74) is -0.461. The highest BCUT2D eigenvalue weighted by molar-refractivity contribution is 7.88. The van der Waals surface area contributed by atoms with Crippen molar-refractivity contribution in [2.75, 3.05) is 32.5 Å². The molecule has 1 aromatic rings. The first-order valence-electron chi connectivity index (χ1n) is 8.13. The van der Waals surface area contributed by atoms with E-state index in [-0.39, 0.29) is 11.7 Å². The molecule has 24 heavy (non-hydrogen) atoms. The Kier molecular flexibility index (Phi) is 4.63. The number of fused-ring (bicyclic) bond motifs is 2. The average Bonchev–Trinajstić information content (AvgIpc) is 2.98.